The summed E-state index contributed by atoms with van der Waals surface area (Å²) in [6, 6.07) is 22.5. The molecule has 0 aliphatic rings. The van der Waals surface area contributed by atoms with Crippen molar-refractivity contribution in [3.63, 3.8) is 0 Å². The molecule has 0 saturated heterocycles. The van der Waals surface area contributed by atoms with Crippen LogP contribution in [0.5, 0.6) is 0 Å². The average molecular weight is 475 g/mol. The molecule has 8 heteroatoms. The summed E-state index contributed by atoms with van der Waals surface area (Å²) in [6.07, 6.45) is 9.96. The number of carbonyl (C=O) groups is 2. The number of amides is 2. The molecular formula is C28H22N6O2. The van der Waals surface area contributed by atoms with Crippen molar-refractivity contribution >= 4 is 52.1 Å². The van der Waals surface area contributed by atoms with E-state index in [1.165, 1.54) is 6.08 Å². The largest absolute Gasteiger partial charge is 0.361 e. The van der Waals surface area contributed by atoms with Crippen LogP contribution in [0.2, 0.25) is 0 Å². The van der Waals surface area contributed by atoms with E-state index in [2.05, 4.69) is 31.0 Å². The van der Waals surface area contributed by atoms with Gasteiger partial charge < -0.3 is 9.97 Å². The highest BCUT2D eigenvalue weighted by Gasteiger charge is 2.04. The Morgan fingerprint density at radius 1 is 0.667 bits per heavy atom. The van der Waals surface area contributed by atoms with Crippen molar-refractivity contribution < 1.29 is 9.59 Å². The van der Waals surface area contributed by atoms with Gasteiger partial charge in [-0.05, 0) is 82.1 Å². The number of hydrogen-bond acceptors (Lipinski definition) is 4. The third-order valence-electron chi connectivity index (χ3n) is 5.52. The molecule has 5 aromatic rings. The summed E-state index contributed by atoms with van der Waals surface area (Å²) >= 11 is 0. The van der Waals surface area contributed by atoms with Crippen LogP contribution in [0.1, 0.15) is 27.0 Å². The zero-order chi connectivity index (χ0) is 24.7. The van der Waals surface area contributed by atoms with Gasteiger partial charge in [0, 0.05) is 35.1 Å². The molecule has 0 radical (unpaired) electrons. The van der Waals surface area contributed by atoms with Crippen molar-refractivity contribution in [2.45, 2.75) is 0 Å². The fraction of sp³-hybridized carbons (Fsp3) is 0. The Bertz CT molecular complexity index is 1620. The van der Waals surface area contributed by atoms with Crippen molar-refractivity contribution in [3.8, 4) is 0 Å². The van der Waals surface area contributed by atoms with Crippen LogP contribution in [0.3, 0.4) is 0 Å². The number of nitrogens with zero attached hydrogens (tertiary/aromatic N) is 2. The summed E-state index contributed by atoms with van der Waals surface area (Å²) in [7, 11) is 0. The normalized spacial score (nSPS) is 11.8. The summed E-state index contributed by atoms with van der Waals surface area (Å²) in [4.78, 5) is 30.7. The second-order valence-electron chi connectivity index (χ2n) is 8.04. The lowest BCUT2D eigenvalue weighted by Gasteiger charge is -2.01. The monoisotopic (exact) mass is 474 g/mol. The van der Waals surface area contributed by atoms with Crippen LogP contribution in [-0.4, -0.2) is 34.2 Å². The number of aromatic amines is 2. The molecule has 4 N–H and O–H groups in total. The van der Waals surface area contributed by atoms with Gasteiger partial charge in [-0.2, -0.15) is 10.2 Å². The van der Waals surface area contributed by atoms with Crippen LogP contribution >= 0.6 is 0 Å². The molecule has 2 heterocycles. The van der Waals surface area contributed by atoms with E-state index in [1.54, 1.807) is 42.8 Å². The molecule has 0 unspecified atom stereocenters. The Morgan fingerprint density at radius 3 is 1.83 bits per heavy atom. The highest BCUT2D eigenvalue weighted by atomic mass is 16.2. The van der Waals surface area contributed by atoms with Crippen molar-refractivity contribution in [3.05, 3.63) is 114 Å². The maximum atomic E-state index is 12.3. The molecular weight excluding hydrogens is 452 g/mol. The first-order valence-corrected chi connectivity index (χ1v) is 11.2. The van der Waals surface area contributed by atoms with Gasteiger partial charge in [0.2, 0.25) is 0 Å². The number of hydrazone groups is 2. The zero-order valence-electron chi connectivity index (χ0n) is 19.1. The SMILES string of the molecule is O=C(/C=C/c1ccc(C(=O)N/N=C/c2ccc3[nH]ccc3c2)cc1)N/N=C/c1ccc2[nH]ccc2c1. The molecule has 0 fully saturated rings. The smallest absolute Gasteiger partial charge is 0.271 e. The molecule has 0 bridgehead atoms. The van der Waals surface area contributed by atoms with E-state index in [0.717, 1.165) is 38.5 Å². The van der Waals surface area contributed by atoms with Crippen LogP contribution in [0, 0.1) is 0 Å². The van der Waals surface area contributed by atoms with Gasteiger partial charge in [-0.15, -0.1) is 0 Å². The number of carbonyl (C=O) groups excluding carboxylic acids is 2. The molecule has 8 nitrogen and oxygen atoms in total. The van der Waals surface area contributed by atoms with Crippen LogP contribution in [0.4, 0.5) is 0 Å². The Labute approximate surface area is 206 Å². The second kappa shape index (κ2) is 10.4. The highest BCUT2D eigenvalue weighted by molar-refractivity contribution is 5.96. The van der Waals surface area contributed by atoms with Gasteiger partial charge in [-0.3, -0.25) is 9.59 Å². The van der Waals surface area contributed by atoms with Gasteiger partial charge in [-0.25, -0.2) is 10.9 Å². The highest BCUT2D eigenvalue weighted by Crippen LogP contribution is 2.14. The van der Waals surface area contributed by atoms with Crippen molar-refractivity contribution in [2.75, 3.05) is 0 Å². The molecule has 0 atom stereocenters. The third kappa shape index (κ3) is 5.45. The van der Waals surface area contributed by atoms with E-state index >= 15 is 0 Å². The minimum absolute atomic E-state index is 0.325. The third-order valence-corrected chi connectivity index (χ3v) is 5.52. The molecule has 36 heavy (non-hydrogen) atoms. The predicted octanol–water partition coefficient (Wildman–Crippen LogP) is 4.58. The molecule has 0 aliphatic heterocycles. The number of nitrogens with one attached hydrogen (secondary N) is 4. The summed E-state index contributed by atoms with van der Waals surface area (Å²) in [5, 5.41) is 10.2. The van der Waals surface area contributed by atoms with E-state index in [0.29, 0.717) is 5.56 Å². The van der Waals surface area contributed by atoms with E-state index in [-0.39, 0.29) is 11.8 Å². The number of H-pyrrole nitrogens is 2. The predicted molar refractivity (Wildman–Crippen MR) is 143 cm³/mol. The minimum Gasteiger partial charge on any atom is -0.361 e. The second-order valence-corrected chi connectivity index (χ2v) is 8.04. The molecule has 0 aliphatic carbocycles. The Balaban J connectivity index is 1.11. The lowest BCUT2D eigenvalue weighted by molar-refractivity contribution is -0.116. The molecule has 5 rings (SSSR count). The van der Waals surface area contributed by atoms with Gasteiger partial charge in [-0.1, -0.05) is 24.3 Å². The lowest BCUT2D eigenvalue weighted by atomic mass is 10.1. The number of aromatic nitrogens is 2. The van der Waals surface area contributed by atoms with Crippen molar-refractivity contribution in [1.82, 2.24) is 20.8 Å². The average Bonchev–Trinajstić information content (AvgIpc) is 3.56. The van der Waals surface area contributed by atoms with Crippen LogP contribution in [-0.2, 0) is 4.79 Å². The maximum Gasteiger partial charge on any atom is 0.271 e. The summed E-state index contributed by atoms with van der Waals surface area (Å²) in [6.45, 7) is 0. The topological polar surface area (TPSA) is 114 Å². The summed E-state index contributed by atoms with van der Waals surface area (Å²) in [5.74, 6) is -0.683. The fourth-order valence-corrected chi connectivity index (χ4v) is 3.66. The number of hydrogen-bond donors (Lipinski definition) is 4. The quantitative estimate of drug-likeness (QED) is 0.157. The minimum atomic E-state index is -0.358. The van der Waals surface area contributed by atoms with Gasteiger partial charge >= 0.3 is 0 Å². The Morgan fingerprint density at radius 2 is 1.22 bits per heavy atom. The number of fused-ring (bicyclic) bond motifs is 2. The standard InChI is InChI=1S/C28H22N6O2/c35-27(33-31-17-20-3-8-25-23(15-20)11-13-29-25)10-5-19-1-6-22(7-2-19)28(36)34-32-18-21-4-9-26-24(16-21)12-14-30-26/h1-18,29-30H,(H,33,35)(H,34,36)/b10-5+,31-17+,32-18+. The first-order chi connectivity index (χ1) is 17.6. The maximum absolute atomic E-state index is 12.3. The Kier molecular flexibility index (Phi) is 6.48. The van der Waals surface area contributed by atoms with Crippen LogP contribution < -0.4 is 10.9 Å². The van der Waals surface area contributed by atoms with E-state index in [9.17, 15) is 9.59 Å². The summed E-state index contributed by atoms with van der Waals surface area (Å²) < 4.78 is 0. The molecule has 2 amide bonds. The van der Waals surface area contributed by atoms with Gasteiger partial charge in [0.15, 0.2) is 0 Å². The van der Waals surface area contributed by atoms with Gasteiger partial charge in [0.05, 0.1) is 12.4 Å². The first-order valence-electron chi connectivity index (χ1n) is 11.2. The first kappa shape index (κ1) is 22.5. The van der Waals surface area contributed by atoms with Gasteiger partial charge in [0.25, 0.3) is 11.8 Å². The molecule has 176 valence electrons. The van der Waals surface area contributed by atoms with E-state index < -0.39 is 0 Å². The number of benzene rings is 3. The zero-order valence-corrected chi connectivity index (χ0v) is 19.1. The fourth-order valence-electron chi connectivity index (χ4n) is 3.66. The molecule has 0 spiro atoms. The van der Waals surface area contributed by atoms with Crippen molar-refractivity contribution in [1.29, 1.82) is 0 Å². The lowest BCUT2D eigenvalue weighted by Crippen LogP contribution is -2.17. The van der Waals surface area contributed by atoms with Crippen molar-refractivity contribution in [2.24, 2.45) is 10.2 Å². The van der Waals surface area contributed by atoms with E-state index in [1.807, 2.05) is 60.9 Å². The van der Waals surface area contributed by atoms with Crippen LogP contribution in [0.15, 0.2) is 101 Å². The molecule has 2 aromatic heterocycles. The molecule has 3 aromatic carbocycles. The Hall–Kier alpha value is -5.24. The van der Waals surface area contributed by atoms with E-state index in [4.69, 9.17) is 0 Å². The number of rotatable bonds is 7. The summed E-state index contributed by atoms with van der Waals surface area (Å²) in [5.41, 5.74) is 10.1. The van der Waals surface area contributed by atoms with Crippen LogP contribution in [0.25, 0.3) is 27.9 Å². The van der Waals surface area contributed by atoms with Gasteiger partial charge in [0.1, 0.15) is 0 Å². The molecule has 0 saturated carbocycles.